The first-order chi connectivity index (χ1) is 18.3. The van der Waals surface area contributed by atoms with Gasteiger partial charge in [0.2, 0.25) is 0 Å². The normalized spacial score (nSPS) is 20.2. The summed E-state index contributed by atoms with van der Waals surface area (Å²) >= 11 is 0. The number of carbonyl (C=O) groups is 1. The summed E-state index contributed by atoms with van der Waals surface area (Å²) in [5.41, 5.74) is 4.59. The van der Waals surface area contributed by atoms with Gasteiger partial charge in [0.1, 0.15) is 13.2 Å². The Morgan fingerprint density at radius 3 is 2.54 bits per heavy atom. The number of rotatable bonds is 6. The molecule has 190 valence electrons. The molecule has 37 heavy (non-hydrogen) atoms. The highest BCUT2D eigenvalue weighted by Crippen LogP contribution is 2.40. The van der Waals surface area contributed by atoms with Crippen LogP contribution in [0.2, 0.25) is 0 Å². The highest BCUT2D eigenvalue weighted by molar-refractivity contribution is 5.98. The number of piperazine rings is 1. The lowest BCUT2D eigenvalue weighted by Gasteiger charge is -2.43. The third kappa shape index (κ3) is 5.07. The Morgan fingerprint density at radius 2 is 1.68 bits per heavy atom. The van der Waals surface area contributed by atoms with Gasteiger partial charge >= 0.3 is 0 Å². The van der Waals surface area contributed by atoms with Crippen LogP contribution in [0.25, 0.3) is 6.08 Å². The molecule has 6 nitrogen and oxygen atoms in total. The number of para-hydroxylation sites is 2. The van der Waals surface area contributed by atoms with Gasteiger partial charge in [0.05, 0.1) is 11.7 Å². The number of nitrogens with zero attached hydrogens (tertiary/aromatic N) is 2. The molecule has 2 atom stereocenters. The molecule has 6 rings (SSSR count). The molecule has 0 spiro atoms. The van der Waals surface area contributed by atoms with E-state index in [1.165, 1.54) is 5.56 Å². The molecule has 0 aliphatic carbocycles. The predicted molar refractivity (Wildman–Crippen MR) is 148 cm³/mol. The summed E-state index contributed by atoms with van der Waals surface area (Å²) in [5, 5.41) is 3.71. The molecular formula is C31H33N3O3. The van der Waals surface area contributed by atoms with Crippen LogP contribution in [0.5, 0.6) is 11.5 Å². The number of hydrogen-bond acceptors (Lipinski definition) is 6. The fourth-order valence-corrected chi connectivity index (χ4v) is 5.72. The molecule has 3 aliphatic heterocycles. The van der Waals surface area contributed by atoms with E-state index in [1.54, 1.807) is 6.08 Å². The van der Waals surface area contributed by atoms with Gasteiger partial charge < -0.3 is 19.7 Å². The molecule has 0 saturated carbocycles. The van der Waals surface area contributed by atoms with Crippen molar-refractivity contribution < 1.29 is 14.3 Å². The third-order valence-electron chi connectivity index (χ3n) is 7.59. The van der Waals surface area contributed by atoms with Crippen LogP contribution in [-0.2, 0) is 11.2 Å². The lowest BCUT2D eigenvalue weighted by molar-refractivity contribution is -0.120. The molecule has 1 N–H and O–H groups in total. The Hall–Kier alpha value is -3.77. The van der Waals surface area contributed by atoms with Crippen molar-refractivity contribution in [1.82, 2.24) is 4.90 Å². The van der Waals surface area contributed by atoms with Crippen molar-refractivity contribution in [2.45, 2.75) is 24.9 Å². The van der Waals surface area contributed by atoms with E-state index in [-0.39, 0.29) is 17.9 Å². The minimum absolute atomic E-state index is 0.0654. The highest BCUT2D eigenvalue weighted by atomic mass is 16.6. The minimum Gasteiger partial charge on any atom is -0.486 e. The van der Waals surface area contributed by atoms with Crippen molar-refractivity contribution in [3.05, 3.63) is 90.0 Å². The number of aryl methyl sites for hydroxylation is 1. The van der Waals surface area contributed by atoms with E-state index in [0.29, 0.717) is 13.2 Å². The molecular weight excluding hydrogens is 462 g/mol. The molecule has 3 aliphatic rings. The van der Waals surface area contributed by atoms with Crippen molar-refractivity contribution in [3.63, 3.8) is 0 Å². The molecule has 2 unspecified atom stereocenters. The van der Waals surface area contributed by atoms with Gasteiger partial charge in [0.15, 0.2) is 17.3 Å². The van der Waals surface area contributed by atoms with Gasteiger partial charge in [-0.15, -0.1) is 0 Å². The maximum absolute atomic E-state index is 13.8. The largest absolute Gasteiger partial charge is 0.486 e. The first-order valence-corrected chi connectivity index (χ1v) is 13.3. The van der Waals surface area contributed by atoms with Gasteiger partial charge in [-0.3, -0.25) is 9.69 Å². The second-order valence-electron chi connectivity index (χ2n) is 9.86. The van der Waals surface area contributed by atoms with Crippen molar-refractivity contribution in [3.8, 4) is 11.5 Å². The molecule has 0 radical (unpaired) electrons. The Morgan fingerprint density at radius 1 is 0.892 bits per heavy atom. The van der Waals surface area contributed by atoms with E-state index in [9.17, 15) is 4.79 Å². The Bertz CT molecular complexity index is 1270. The van der Waals surface area contributed by atoms with E-state index < -0.39 is 0 Å². The quantitative estimate of drug-likeness (QED) is 0.502. The summed E-state index contributed by atoms with van der Waals surface area (Å²) in [6.07, 6.45) is 5.63. The van der Waals surface area contributed by atoms with Crippen molar-refractivity contribution in [1.29, 1.82) is 0 Å². The average Bonchev–Trinajstić information content (AvgIpc) is 2.97. The smallest absolute Gasteiger partial charge is 0.184 e. The standard InChI is InChI=1S/C31H33N3O3/c35-28(16-13-23-7-2-1-3-8-23)30(26-15-14-24-9-4-5-10-25(24)32-26)34-19-17-33(18-20-34)27-11-6-12-29-31(27)37-22-21-36-29/h1-13,16,26,30,32H,14-15,17-22H2. The van der Waals surface area contributed by atoms with Crippen molar-refractivity contribution in [2.75, 3.05) is 49.6 Å². The lowest BCUT2D eigenvalue weighted by atomic mass is 9.90. The fraction of sp³-hybridized carbons (Fsp3) is 0.323. The highest BCUT2D eigenvalue weighted by Gasteiger charge is 2.36. The first kappa shape index (κ1) is 23.6. The molecule has 0 amide bonds. The fourth-order valence-electron chi connectivity index (χ4n) is 5.72. The third-order valence-corrected chi connectivity index (χ3v) is 7.59. The Labute approximate surface area is 218 Å². The van der Waals surface area contributed by atoms with E-state index in [4.69, 9.17) is 9.47 Å². The van der Waals surface area contributed by atoms with Gasteiger partial charge in [0, 0.05) is 37.9 Å². The lowest BCUT2D eigenvalue weighted by Crippen LogP contribution is -2.58. The molecule has 6 heteroatoms. The van der Waals surface area contributed by atoms with Gasteiger partial charge in [0.25, 0.3) is 0 Å². The number of ketones is 1. The van der Waals surface area contributed by atoms with Crippen LogP contribution in [0.1, 0.15) is 17.5 Å². The Kier molecular flexibility index (Phi) is 6.82. The maximum atomic E-state index is 13.8. The topological polar surface area (TPSA) is 54.0 Å². The van der Waals surface area contributed by atoms with Gasteiger partial charge in [-0.25, -0.2) is 0 Å². The number of fused-ring (bicyclic) bond motifs is 2. The van der Waals surface area contributed by atoms with Crippen LogP contribution < -0.4 is 19.7 Å². The van der Waals surface area contributed by atoms with Gasteiger partial charge in [-0.05, 0) is 48.2 Å². The minimum atomic E-state index is -0.222. The molecule has 1 fully saturated rings. The van der Waals surface area contributed by atoms with Crippen LogP contribution in [0, 0.1) is 0 Å². The second-order valence-corrected chi connectivity index (χ2v) is 9.86. The van der Waals surface area contributed by atoms with Crippen LogP contribution >= 0.6 is 0 Å². The van der Waals surface area contributed by atoms with Crippen molar-refractivity contribution >= 4 is 23.2 Å². The van der Waals surface area contributed by atoms with E-state index in [1.807, 2.05) is 48.5 Å². The summed E-state index contributed by atoms with van der Waals surface area (Å²) < 4.78 is 11.8. The summed E-state index contributed by atoms with van der Waals surface area (Å²) in [6.45, 7) is 4.43. The number of ether oxygens (including phenoxy) is 2. The van der Waals surface area contributed by atoms with Gasteiger partial charge in [-0.1, -0.05) is 60.7 Å². The molecule has 1 saturated heterocycles. The number of anilines is 2. The number of hydrogen-bond donors (Lipinski definition) is 1. The SMILES string of the molecule is O=C(C=Cc1ccccc1)C(C1CCc2ccccc2N1)N1CCN(c2cccc3c2OCCO3)CC1. The summed E-state index contributed by atoms with van der Waals surface area (Å²) in [5.74, 6) is 1.81. The summed E-state index contributed by atoms with van der Waals surface area (Å²) in [7, 11) is 0. The summed E-state index contributed by atoms with van der Waals surface area (Å²) in [4.78, 5) is 18.5. The van der Waals surface area contributed by atoms with Crippen LogP contribution in [0.4, 0.5) is 11.4 Å². The molecule has 3 aromatic carbocycles. The molecule has 0 bridgehead atoms. The molecule has 3 heterocycles. The zero-order valence-corrected chi connectivity index (χ0v) is 21.0. The van der Waals surface area contributed by atoms with Gasteiger partial charge in [-0.2, -0.15) is 0 Å². The maximum Gasteiger partial charge on any atom is 0.184 e. The van der Waals surface area contributed by atoms with E-state index in [0.717, 1.165) is 67.5 Å². The van der Waals surface area contributed by atoms with Crippen molar-refractivity contribution in [2.24, 2.45) is 0 Å². The van der Waals surface area contributed by atoms with E-state index >= 15 is 0 Å². The molecule has 0 aromatic heterocycles. The van der Waals surface area contributed by atoms with E-state index in [2.05, 4.69) is 45.4 Å². The zero-order chi connectivity index (χ0) is 25.0. The number of benzene rings is 3. The molecule has 3 aromatic rings. The summed E-state index contributed by atoms with van der Waals surface area (Å²) in [6, 6.07) is 24.4. The average molecular weight is 496 g/mol. The monoisotopic (exact) mass is 495 g/mol. The second kappa shape index (κ2) is 10.7. The zero-order valence-electron chi connectivity index (χ0n) is 21.0. The number of carbonyl (C=O) groups excluding carboxylic acids is 1. The first-order valence-electron chi connectivity index (χ1n) is 13.3. The van der Waals surface area contributed by atoms with Crippen LogP contribution in [0.3, 0.4) is 0 Å². The predicted octanol–water partition coefficient (Wildman–Crippen LogP) is 4.66. The van der Waals surface area contributed by atoms with Crippen LogP contribution in [0.15, 0.2) is 78.9 Å². The Balaban J connectivity index is 1.22. The van der Waals surface area contributed by atoms with Crippen LogP contribution in [-0.4, -0.2) is 62.2 Å². The number of nitrogens with one attached hydrogen (secondary N) is 1.